The average molecular weight is 431 g/mol. The van der Waals surface area contributed by atoms with Gasteiger partial charge in [0.25, 0.3) is 0 Å². The van der Waals surface area contributed by atoms with Crippen molar-refractivity contribution in [2.75, 3.05) is 0 Å². The number of Topliss-reactive ketones (excluding diaryl/α,β-unsaturated/α-hetero) is 1. The van der Waals surface area contributed by atoms with Crippen LogP contribution in [-0.4, -0.2) is 21.8 Å². The summed E-state index contributed by atoms with van der Waals surface area (Å²) in [6, 6.07) is 9.14. The minimum Gasteiger partial charge on any atom is -0.456 e. The summed E-state index contributed by atoms with van der Waals surface area (Å²) >= 11 is 3.53. The molecule has 2 aromatic rings. The van der Waals surface area contributed by atoms with Crippen LogP contribution in [0.1, 0.15) is 57.3 Å². The van der Waals surface area contributed by atoms with Crippen molar-refractivity contribution in [3.05, 3.63) is 52.8 Å². The van der Waals surface area contributed by atoms with Crippen molar-refractivity contribution in [3.8, 4) is 11.5 Å². The third kappa shape index (κ3) is 5.39. The zero-order valence-electron chi connectivity index (χ0n) is 16.4. The number of nitrogens with one attached hydrogen (secondary N) is 1. The van der Waals surface area contributed by atoms with Crippen molar-refractivity contribution in [2.24, 2.45) is 5.92 Å². The first-order valence-electron chi connectivity index (χ1n) is 9.34. The van der Waals surface area contributed by atoms with Gasteiger partial charge in [0.05, 0.1) is 4.47 Å². The van der Waals surface area contributed by atoms with E-state index in [1.165, 1.54) is 0 Å². The molecule has 1 saturated heterocycles. The molecule has 0 bridgehead atoms. The maximum Gasteiger partial charge on any atom is 0.163 e. The molecule has 27 heavy (non-hydrogen) atoms. The van der Waals surface area contributed by atoms with E-state index < -0.39 is 0 Å². The predicted molar refractivity (Wildman–Crippen MR) is 111 cm³/mol. The second kappa shape index (κ2) is 7.72. The first-order chi connectivity index (χ1) is 12.6. The molecule has 0 amide bonds. The third-order valence-electron chi connectivity index (χ3n) is 4.88. The van der Waals surface area contributed by atoms with E-state index >= 15 is 0 Å². The number of hydrogen-bond donors (Lipinski definition) is 1. The van der Waals surface area contributed by atoms with Gasteiger partial charge in [0, 0.05) is 35.5 Å². The third-order valence-corrected chi connectivity index (χ3v) is 5.50. The molecule has 1 aromatic heterocycles. The molecule has 1 aromatic carbocycles. The van der Waals surface area contributed by atoms with E-state index in [2.05, 4.69) is 53.9 Å². The van der Waals surface area contributed by atoms with Crippen LogP contribution < -0.4 is 10.1 Å². The SMILES string of the molecule is CC1(C)CC(CC(=O)c2ccc(Oc3ccncc3)c(Br)c2)CC(C)(C)N1. The van der Waals surface area contributed by atoms with Gasteiger partial charge in [-0.2, -0.15) is 0 Å². The molecule has 0 radical (unpaired) electrons. The molecule has 0 spiro atoms. The Morgan fingerprint density at radius 1 is 1.15 bits per heavy atom. The summed E-state index contributed by atoms with van der Waals surface area (Å²) in [5, 5.41) is 3.67. The quantitative estimate of drug-likeness (QED) is 0.611. The fraction of sp³-hybridized carbons (Fsp3) is 0.455. The van der Waals surface area contributed by atoms with Crippen LogP contribution in [0, 0.1) is 5.92 Å². The van der Waals surface area contributed by atoms with Gasteiger partial charge in [-0.3, -0.25) is 9.78 Å². The number of aromatic nitrogens is 1. The van der Waals surface area contributed by atoms with Gasteiger partial charge in [-0.25, -0.2) is 0 Å². The number of carbonyl (C=O) groups excluding carboxylic acids is 1. The number of carbonyl (C=O) groups is 1. The lowest BCUT2D eigenvalue weighted by molar-refractivity contribution is 0.0864. The van der Waals surface area contributed by atoms with Gasteiger partial charge in [0.2, 0.25) is 0 Å². The number of rotatable bonds is 5. The van der Waals surface area contributed by atoms with Crippen LogP contribution in [0.5, 0.6) is 11.5 Å². The van der Waals surface area contributed by atoms with Crippen LogP contribution in [0.4, 0.5) is 0 Å². The van der Waals surface area contributed by atoms with Crippen LogP contribution in [0.15, 0.2) is 47.2 Å². The highest BCUT2D eigenvalue weighted by molar-refractivity contribution is 9.10. The maximum atomic E-state index is 12.9. The summed E-state index contributed by atoms with van der Waals surface area (Å²) < 4.78 is 6.62. The maximum absolute atomic E-state index is 12.9. The summed E-state index contributed by atoms with van der Waals surface area (Å²) in [5.74, 6) is 1.96. The van der Waals surface area contributed by atoms with Gasteiger partial charge in [-0.05, 0) is 92.7 Å². The van der Waals surface area contributed by atoms with E-state index in [-0.39, 0.29) is 16.9 Å². The standard InChI is InChI=1S/C22H27BrN2O2/c1-21(2)13-15(14-22(3,4)25-21)11-19(26)16-5-6-20(18(23)12-16)27-17-7-9-24-10-8-17/h5-10,12,15,25H,11,13-14H2,1-4H3. The van der Waals surface area contributed by atoms with E-state index in [1.807, 2.05) is 18.2 Å². The van der Waals surface area contributed by atoms with Crippen molar-refractivity contribution in [1.29, 1.82) is 0 Å². The number of halogens is 1. The highest BCUT2D eigenvalue weighted by atomic mass is 79.9. The Morgan fingerprint density at radius 2 is 1.78 bits per heavy atom. The van der Waals surface area contributed by atoms with Gasteiger partial charge in [-0.15, -0.1) is 0 Å². The Balaban J connectivity index is 1.69. The molecule has 0 saturated carbocycles. The number of hydrogen-bond acceptors (Lipinski definition) is 4. The number of nitrogens with zero attached hydrogens (tertiary/aromatic N) is 1. The largest absolute Gasteiger partial charge is 0.456 e. The lowest BCUT2D eigenvalue weighted by atomic mass is 9.74. The van der Waals surface area contributed by atoms with Crippen molar-refractivity contribution < 1.29 is 9.53 Å². The van der Waals surface area contributed by atoms with Gasteiger partial charge < -0.3 is 10.1 Å². The van der Waals surface area contributed by atoms with Gasteiger partial charge in [0.15, 0.2) is 5.78 Å². The summed E-state index contributed by atoms with van der Waals surface area (Å²) in [7, 11) is 0. The average Bonchev–Trinajstić information content (AvgIpc) is 2.54. The summed E-state index contributed by atoms with van der Waals surface area (Å²) in [6.45, 7) is 8.86. The zero-order valence-corrected chi connectivity index (χ0v) is 18.0. The Kier molecular flexibility index (Phi) is 5.73. The Labute approximate surface area is 169 Å². The number of benzene rings is 1. The van der Waals surface area contributed by atoms with Crippen molar-refractivity contribution >= 4 is 21.7 Å². The van der Waals surface area contributed by atoms with Crippen LogP contribution in [0.25, 0.3) is 0 Å². The summed E-state index contributed by atoms with van der Waals surface area (Å²) in [6.07, 6.45) is 5.96. The second-order valence-corrected chi connectivity index (χ2v) is 9.58. The molecule has 1 N–H and O–H groups in total. The van der Waals surface area contributed by atoms with E-state index in [0.29, 0.717) is 23.8 Å². The summed E-state index contributed by atoms with van der Waals surface area (Å²) in [4.78, 5) is 16.8. The molecule has 1 aliphatic heterocycles. The molecule has 2 heterocycles. The van der Waals surface area contributed by atoms with Crippen molar-refractivity contribution in [3.63, 3.8) is 0 Å². The predicted octanol–water partition coefficient (Wildman–Crippen LogP) is 5.77. The second-order valence-electron chi connectivity index (χ2n) is 8.72. The molecule has 0 unspecified atom stereocenters. The molecular formula is C22H27BrN2O2. The van der Waals surface area contributed by atoms with Crippen molar-refractivity contribution in [2.45, 2.75) is 58.0 Å². The normalized spacial score (nSPS) is 18.9. The number of piperidine rings is 1. The minimum absolute atomic E-state index is 0.0511. The zero-order chi connectivity index (χ0) is 19.7. The Hall–Kier alpha value is -1.72. The highest BCUT2D eigenvalue weighted by Gasteiger charge is 2.38. The molecule has 4 nitrogen and oxygen atoms in total. The fourth-order valence-electron chi connectivity index (χ4n) is 4.35. The molecular weight excluding hydrogens is 404 g/mol. The number of ether oxygens (including phenoxy) is 1. The van der Waals surface area contributed by atoms with Crippen LogP contribution in [0.2, 0.25) is 0 Å². The number of pyridine rings is 1. The lowest BCUT2D eigenvalue weighted by Crippen LogP contribution is -2.57. The highest BCUT2D eigenvalue weighted by Crippen LogP contribution is 2.36. The van der Waals surface area contributed by atoms with Crippen LogP contribution >= 0.6 is 15.9 Å². The molecule has 144 valence electrons. The molecule has 1 fully saturated rings. The smallest absolute Gasteiger partial charge is 0.163 e. The van der Waals surface area contributed by atoms with E-state index in [9.17, 15) is 4.79 Å². The van der Waals surface area contributed by atoms with Gasteiger partial charge in [-0.1, -0.05) is 0 Å². The van der Waals surface area contributed by atoms with Crippen LogP contribution in [-0.2, 0) is 0 Å². The van der Waals surface area contributed by atoms with Gasteiger partial charge >= 0.3 is 0 Å². The van der Waals surface area contributed by atoms with Crippen LogP contribution in [0.3, 0.4) is 0 Å². The summed E-state index contributed by atoms with van der Waals surface area (Å²) in [5.41, 5.74) is 0.823. The lowest BCUT2D eigenvalue weighted by Gasteiger charge is -2.46. The monoisotopic (exact) mass is 430 g/mol. The van der Waals surface area contributed by atoms with Gasteiger partial charge in [0.1, 0.15) is 11.5 Å². The van der Waals surface area contributed by atoms with Crippen molar-refractivity contribution in [1.82, 2.24) is 10.3 Å². The Morgan fingerprint density at radius 3 is 2.37 bits per heavy atom. The molecule has 0 aliphatic carbocycles. The molecule has 5 heteroatoms. The topological polar surface area (TPSA) is 51.2 Å². The minimum atomic E-state index is 0.0511. The van der Waals surface area contributed by atoms with E-state index in [4.69, 9.17) is 4.74 Å². The molecule has 3 rings (SSSR count). The first kappa shape index (κ1) is 20.0. The van der Waals surface area contributed by atoms with E-state index in [0.717, 1.165) is 22.9 Å². The first-order valence-corrected chi connectivity index (χ1v) is 10.1. The fourth-order valence-corrected chi connectivity index (χ4v) is 4.81. The Bertz CT molecular complexity index is 802. The molecule has 0 atom stereocenters. The van der Waals surface area contributed by atoms with E-state index in [1.54, 1.807) is 24.5 Å². The number of ketones is 1. The molecule has 1 aliphatic rings.